The number of aryl methyl sites for hydroxylation is 1. The summed E-state index contributed by atoms with van der Waals surface area (Å²) in [5.74, 6) is 0.306. The highest BCUT2D eigenvalue weighted by Gasteiger charge is 2.15. The van der Waals surface area contributed by atoms with Gasteiger partial charge in [0.25, 0.3) is 5.91 Å². The van der Waals surface area contributed by atoms with Gasteiger partial charge in [0.2, 0.25) is 6.41 Å². The third-order valence-corrected chi connectivity index (χ3v) is 2.50. The van der Waals surface area contributed by atoms with Crippen molar-refractivity contribution < 1.29 is 9.59 Å². The van der Waals surface area contributed by atoms with Crippen molar-refractivity contribution in [2.75, 3.05) is 12.4 Å². The first kappa shape index (κ1) is 13.2. The molecule has 1 aromatic rings. The number of amides is 2. The molecule has 0 radical (unpaired) electrons. The highest BCUT2D eigenvalue weighted by Crippen LogP contribution is 2.12. The number of anilines is 1. The average molecular weight is 235 g/mol. The minimum absolute atomic E-state index is 0.0838. The van der Waals surface area contributed by atoms with E-state index in [1.807, 2.05) is 13.8 Å². The fourth-order valence-electron chi connectivity index (χ4n) is 1.36. The SMILES string of the molecule is Cc1cc(C(=O)N(C)C(C)C)cc(NC=O)n1. The summed E-state index contributed by atoms with van der Waals surface area (Å²) in [6.07, 6.45) is 0.544. The fraction of sp³-hybridized carbons (Fsp3) is 0.417. The molecule has 0 fully saturated rings. The van der Waals surface area contributed by atoms with Crippen molar-refractivity contribution in [1.29, 1.82) is 0 Å². The molecule has 0 unspecified atom stereocenters. The number of hydrogen-bond acceptors (Lipinski definition) is 3. The lowest BCUT2D eigenvalue weighted by Gasteiger charge is -2.21. The molecule has 0 aliphatic carbocycles. The van der Waals surface area contributed by atoms with Crippen LogP contribution in [0, 0.1) is 6.92 Å². The Hall–Kier alpha value is -1.91. The van der Waals surface area contributed by atoms with Crippen LogP contribution in [-0.4, -0.2) is 35.3 Å². The largest absolute Gasteiger partial charge is 0.339 e. The summed E-state index contributed by atoms with van der Waals surface area (Å²) in [7, 11) is 1.75. The molecule has 0 aliphatic heterocycles. The van der Waals surface area contributed by atoms with Gasteiger partial charge >= 0.3 is 0 Å². The molecule has 2 amide bonds. The first-order valence-corrected chi connectivity index (χ1v) is 5.41. The molecule has 0 saturated carbocycles. The molecule has 0 aliphatic rings. The number of carbonyl (C=O) groups is 2. The second kappa shape index (κ2) is 5.43. The fourth-order valence-corrected chi connectivity index (χ4v) is 1.36. The third kappa shape index (κ3) is 3.27. The Kier molecular flexibility index (Phi) is 4.20. The molecular weight excluding hydrogens is 218 g/mol. The van der Waals surface area contributed by atoms with Crippen LogP contribution in [0.2, 0.25) is 0 Å². The molecule has 1 rings (SSSR count). The van der Waals surface area contributed by atoms with E-state index in [1.165, 1.54) is 0 Å². The van der Waals surface area contributed by atoms with E-state index in [4.69, 9.17) is 0 Å². The van der Waals surface area contributed by atoms with E-state index < -0.39 is 0 Å². The van der Waals surface area contributed by atoms with E-state index in [0.717, 1.165) is 0 Å². The standard InChI is InChI=1S/C12H17N3O2/c1-8(2)15(4)12(17)10-5-9(3)14-11(6-10)13-7-16/h5-8H,1-4H3,(H,13,14,16). The van der Waals surface area contributed by atoms with Crippen molar-refractivity contribution in [3.8, 4) is 0 Å². The van der Waals surface area contributed by atoms with Gasteiger partial charge in [-0.3, -0.25) is 9.59 Å². The van der Waals surface area contributed by atoms with Crippen LogP contribution in [0.5, 0.6) is 0 Å². The summed E-state index contributed by atoms with van der Waals surface area (Å²) >= 11 is 0. The van der Waals surface area contributed by atoms with Crippen LogP contribution >= 0.6 is 0 Å². The molecule has 5 heteroatoms. The van der Waals surface area contributed by atoms with Gasteiger partial charge < -0.3 is 10.2 Å². The van der Waals surface area contributed by atoms with Crippen LogP contribution in [0.1, 0.15) is 29.9 Å². The molecule has 0 atom stereocenters. The monoisotopic (exact) mass is 235 g/mol. The zero-order valence-corrected chi connectivity index (χ0v) is 10.5. The first-order valence-electron chi connectivity index (χ1n) is 5.41. The molecule has 17 heavy (non-hydrogen) atoms. The van der Waals surface area contributed by atoms with Gasteiger partial charge in [-0.05, 0) is 32.9 Å². The molecule has 0 saturated heterocycles. The Labute approximate surface area is 101 Å². The molecule has 1 heterocycles. The molecule has 0 spiro atoms. The lowest BCUT2D eigenvalue weighted by molar-refractivity contribution is -0.105. The molecule has 1 aromatic heterocycles. The summed E-state index contributed by atoms with van der Waals surface area (Å²) in [6.45, 7) is 5.66. The zero-order valence-electron chi connectivity index (χ0n) is 10.5. The molecule has 1 N–H and O–H groups in total. The molecule has 5 nitrogen and oxygen atoms in total. The second-order valence-corrected chi connectivity index (χ2v) is 4.15. The number of aromatic nitrogens is 1. The van der Waals surface area contributed by atoms with Crippen molar-refractivity contribution in [3.63, 3.8) is 0 Å². The van der Waals surface area contributed by atoms with E-state index in [9.17, 15) is 9.59 Å². The zero-order chi connectivity index (χ0) is 13.0. The lowest BCUT2D eigenvalue weighted by atomic mass is 10.2. The molecule has 92 valence electrons. The number of pyridine rings is 1. The number of carbonyl (C=O) groups excluding carboxylic acids is 2. The van der Waals surface area contributed by atoms with Crippen LogP contribution < -0.4 is 5.32 Å². The lowest BCUT2D eigenvalue weighted by Crippen LogP contribution is -2.33. The summed E-state index contributed by atoms with van der Waals surface area (Å²) in [6, 6.07) is 3.40. The van der Waals surface area contributed by atoms with Gasteiger partial charge in [0.15, 0.2) is 0 Å². The molecule has 0 aromatic carbocycles. The number of rotatable bonds is 4. The summed E-state index contributed by atoms with van der Waals surface area (Å²) in [4.78, 5) is 28.2. The Morgan fingerprint density at radius 2 is 2.12 bits per heavy atom. The van der Waals surface area contributed by atoms with E-state index in [-0.39, 0.29) is 11.9 Å². The van der Waals surface area contributed by atoms with Crippen LogP contribution in [0.3, 0.4) is 0 Å². The topological polar surface area (TPSA) is 62.3 Å². The Morgan fingerprint density at radius 1 is 1.47 bits per heavy atom. The minimum atomic E-state index is -0.0838. The van der Waals surface area contributed by atoms with Gasteiger partial charge in [0, 0.05) is 24.3 Å². The van der Waals surface area contributed by atoms with Gasteiger partial charge in [0.1, 0.15) is 5.82 Å². The van der Waals surface area contributed by atoms with Gasteiger partial charge in [-0.15, -0.1) is 0 Å². The number of hydrogen-bond donors (Lipinski definition) is 1. The van der Waals surface area contributed by atoms with E-state index in [0.29, 0.717) is 23.5 Å². The van der Waals surface area contributed by atoms with Gasteiger partial charge in [-0.25, -0.2) is 4.98 Å². The maximum Gasteiger partial charge on any atom is 0.254 e. The average Bonchev–Trinajstić information content (AvgIpc) is 2.26. The number of nitrogens with one attached hydrogen (secondary N) is 1. The van der Waals surface area contributed by atoms with Gasteiger partial charge in [-0.1, -0.05) is 0 Å². The van der Waals surface area contributed by atoms with Crippen molar-refractivity contribution in [2.45, 2.75) is 26.8 Å². The van der Waals surface area contributed by atoms with E-state index in [2.05, 4.69) is 10.3 Å². The maximum absolute atomic E-state index is 12.1. The predicted octanol–water partition coefficient (Wildman–Crippen LogP) is 1.44. The smallest absolute Gasteiger partial charge is 0.254 e. The van der Waals surface area contributed by atoms with Gasteiger partial charge in [-0.2, -0.15) is 0 Å². The van der Waals surface area contributed by atoms with Crippen molar-refractivity contribution in [1.82, 2.24) is 9.88 Å². The summed E-state index contributed by atoms with van der Waals surface area (Å²) in [5.41, 5.74) is 1.22. The summed E-state index contributed by atoms with van der Waals surface area (Å²) < 4.78 is 0. The normalized spacial score (nSPS) is 10.2. The highest BCUT2D eigenvalue weighted by atomic mass is 16.2. The first-order chi connectivity index (χ1) is 7.95. The summed E-state index contributed by atoms with van der Waals surface area (Å²) in [5, 5.41) is 2.45. The second-order valence-electron chi connectivity index (χ2n) is 4.15. The maximum atomic E-state index is 12.1. The third-order valence-electron chi connectivity index (χ3n) is 2.50. The van der Waals surface area contributed by atoms with Crippen molar-refractivity contribution in [2.24, 2.45) is 0 Å². The minimum Gasteiger partial charge on any atom is -0.339 e. The quantitative estimate of drug-likeness (QED) is 0.803. The van der Waals surface area contributed by atoms with E-state index in [1.54, 1.807) is 31.0 Å². The number of nitrogens with zero attached hydrogens (tertiary/aromatic N) is 2. The Balaban J connectivity index is 3.05. The van der Waals surface area contributed by atoms with Crippen LogP contribution in [-0.2, 0) is 4.79 Å². The molecule has 0 bridgehead atoms. The van der Waals surface area contributed by atoms with Crippen LogP contribution in [0.15, 0.2) is 12.1 Å². The highest BCUT2D eigenvalue weighted by molar-refractivity contribution is 5.95. The van der Waals surface area contributed by atoms with Gasteiger partial charge in [0.05, 0.1) is 0 Å². The molecular formula is C12H17N3O2. The van der Waals surface area contributed by atoms with E-state index >= 15 is 0 Å². The Morgan fingerprint density at radius 3 is 2.65 bits per heavy atom. The van der Waals surface area contributed by atoms with Crippen molar-refractivity contribution >= 4 is 18.1 Å². The van der Waals surface area contributed by atoms with Crippen molar-refractivity contribution in [3.05, 3.63) is 23.4 Å². The van der Waals surface area contributed by atoms with Crippen LogP contribution in [0.4, 0.5) is 5.82 Å². The Bertz CT molecular complexity index is 430. The predicted molar refractivity (Wildman–Crippen MR) is 65.9 cm³/mol. The van der Waals surface area contributed by atoms with Crippen LogP contribution in [0.25, 0.3) is 0 Å².